The predicted molar refractivity (Wildman–Crippen MR) is 97.7 cm³/mol. The molecule has 2 aliphatic heterocycles. The molecule has 2 heterocycles. The highest BCUT2D eigenvalue weighted by atomic mass is 16.5. The molecular weight excluding hydrogens is 318 g/mol. The fraction of sp³-hybridized carbons (Fsp3) is 0.632. The topological polar surface area (TPSA) is 76.8 Å². The molecule has 0 aliphatic carbocycles. The number of hydrogen-bond acceptors (Lipinski definition) is 5. The van der Waals surface area contributed by atoms with Crippen LogP contribution in [0.15, 0.2) is 24.3 Å². The fourth-order valence-corrected chi connectivity index (χ4v) is 3.63. The number of aryl methyl sites for hydroxylation is 1. The van der Waals surface area contributed by atoms with Gasteiger partial charge in [0.2, 0.25) is 5.91 Å². The Morgan fingerprint density at radius 1 is 1.28 bits per heavy atom. The van der Waals surface area contributed by atoms with Crippen molar-refractivity contribution in [2.45, 2.75) is 44.4 Å². The number of anilines is 1. The number of nitrogens with one attached hydrogen (secondary N) is 1. The maximum Gasteiger partial charge on any atom is 0.243 e. The molecule has 2 atom stereocenters. The van der Waals surface area contributed by atoms with E-state index in [0.717, 1.165) is 32.4 Å². The van der Waals surface area contributed by atoms with Gasteiger partial charge >= 0.3 is 0 Å². The summed E-state index contributed by atoms with van der Waals surface area (Å²) < 4.78 is 11.3. The Kier molecular flexibility index (Phi) is 6.29. The number of ether oxygens (including phenoxy) is 2. The quantitative estimate of drug-likeness (QED) is 0.809. The molecule has 0 bridgehead atoms. The molecular formula is C19H29N3O3. The number of amides is 1. The molecule has 1 aromatic carbocycles. The molecule has 6 nitrogen and oxygen atoms in total. The molecule has 2 saturated heterocycles. The lowest BCUT2D eigenvalue weighted by atomic mass is 10.00. The van der Waals surface area contributed by atoms with E-state index in [1.54, 1.807) is 0 Å². The molecule has 3 rings (SSSR count). The molecule has 0 saturated carbocycles. The Morgan fingerprint density at radius 3 is 2.68 bits per heavy atom. The average Bonchev–Trinajstić information content (AvgIpc) is 2.62. The van der Waals surface area contributed by atoms with E-state index >= 15 is 0 Å². The van der Waals surface area contributed by atoms with Crippen molar-refractivity contribution >= 4 is 11.6 Å². The first-order valence-corrected chi connectivity index (χ1v) is 9.17. The second-order valence-corrected chi connectivity index (χ2v) is 7.05. The third-order valence-electron chi connectivity index (χ3n) is 5.08. The fourth-order valence-electron chi connectivity index (χ4n) is 3.63. The maximum atomic E-state index is 11.0. The number of carbonyl (C=O) groups is 1. The highest BCUT2D eigenvalue weighted by Gasteiger charge is 2.30. The van der Waals surface area contributed by atoms with Crippen LogP contribution < -0.4 is 16.0 Å². The number of nitrogens with two attached hydrogens (primary N) is 1. The van der Waals surface area contributed by atoms with Crippen LogP contribution in [-0.4, -0.2) is 57.0 Å². The second-order valence-electron chi connectivity index (χ2n) is 7.05. The molecule has 0 spiro atoms. The zero-order valence-corrected chi connectivity index (χ0v) is 14.9. The minimum absolute atomic E-state index is 0.00335. The van der Waals surface area contributed by atoms with Gasteiger partial charge in [-0.05, 0) is 38.3 Å². The van der Waals surface area contributed by atoms with Gasteiger partial charge in [0.1, 0.15) is 6.61 Å². The lowest BCUT2D eigenvalue weighted by Crippen LogP contribution is -2.54. The van der Waals surface area contributed by atoms with Crippen LogP contribution in [0, 0.1) is 6.92 Å². The van der Waals surface area contributed by atoms with Crippen molar-refractivity contribution in [3.05, 3.63) is 29.8 Å². The lowest BCUT2D eigenvalue weighted by molar-refractivity contribution is -0.128. The summed E-state index contributed by atoms with van der Waals surface area (Å²) in [5.41, 5.74) is 7.79. The van der Waals surface area contributed by atoms with Gasteiger partial charge in [-0.25, -0.2) is 0 Å². The number of benzene rings is 1. The minimum atomic E-state index is -0.420. The molecule has 1 aromatic rings. The van der Waals surface area contributed by atoms with Gasteiger partial charge < -0.3 is 25.4 Å². The summed E-state index contributed by atoms with van der Waals surface area (Å²) in [5.74, 6) is -0.420. The molecule has 0 radical (unpaired) electrons. The Morgan fingerprint density at radius 2 is 2.00 bits per heavy atom. The zero-order valence-electron chi connectivity index (χ0n) is 14.9. The third kappa shape index (κ3) is 5.17. The van der Waals surface area contributed by atoms with Gasteiger partial charge in [-0.15, -0.1) is 0 Å². The molecule has 1 amide bonds. The molecule has 2 aliphatic rings. The molecule has 3 N–H and O–H groups in total. The number of hydrogen-bond donors (Lipinski definition) is 2. The van der Waals surface area contributed by atoms with Crippen molar-refractivity contribution in [2.75, 3.05) is 37.8 Å². The van der Waals surface area contributed by atoms with Gasteiger partial charge in [0.05, 0.1) is 18.8 Å². The van der Waals surface area contributed by atoms with Crippen molar-refractivity contribution in [3.63, 3.8) is 0 Å². The zero-order chi connectivity index (χ0) is 17.6. The molecule has 138 valence electrons. The Labute approximate surface area is 149 Å². The van der Waals surface area contributed by atoms with E-state index in [-0.39, 0.29) is 18.8 Å². The first-order valence-electron chi connectivity index (χ1n) is 9.17. The van der Waals surface area contributed by atoms with E-state index < -0.39 is 5.91 Å². The van der Waals surface area contributed by atoms with Crippen LogP contribution in [-0.2, 0) is 14.3 Å². The van der Waals surface area contributed by atoms with Crippen LogP contribution in [0.3, 0.4) is 0 Å². The second kappa shape index (κ2) is 8.65. The number of nitrogens with zero attached hydrogens (tertiary/aromatic N) is 1. The average molecular weight is 347 g/mol. The number of rotatable bonds is 6. The number of carbonyl (C=O) groups excluding carboxylic acids is 1. The van der Waals surface area contributed by atoms with E-state index in [4.69, 9.17) is 15.2 Å². The van der Waals surface area contributed by atoms with E-state index in [2.05, 4.69) is 41.4 Å². The molecule has 0 aromatic heterocycles. The molecule has 6 heteroatoms. The van der Waals surface area contributed by atoms with Crippen LogP contribution in [0.5, 0.6) is 0 Å². The van der Waals surface area contributed by atoms with Crippen LogP contribution in [0.4, 0.5) is 5.69 Å². The summed E-state index contributed by atoms with van der Waals surface area (Å²) >= 11 is 0. The van der Waals surface area contributed by atoms with Crippen LogP contribution in [0.2, 0.25) is 0 Å². The van der Waals surface area contributed by atoms with Crippen LogP contribution in [0.25, 0.3) is 0 Å². The Hall–Kier alpha value is -1.63. The summed E-state index contributed by atoms with van der Waals surface area (Å²) in [7, 11) is 0. The van der Waals surface area contributed by atoms with Crippen molar-refractivity contribution in [3.8, 4) is 0 Å². The summed E-state index contributed by atoms with van der Waals surface area (Å²) in [6.45, 7) is 5.48. The first-order chi connectivity index (χ1) is 12.1. The molecule has 2 fully saturated rings. The maximum absolute atomic E-state index is 11.0. The number of piperidine rings is 1. The van der Waals surface area contributed by atoms with Crippen LogP contribution >= 0.6 is 0 Å². The predicted octanol–water partition coefficient (Wildman–Crippen LogP) is 1.21. The van der Waals surface area contributed by atoms with E-state index in [0.29, 0.717) is 19.3 Å². The first kappa shape index (κ1) is 18.2. The number of primary amides is 1. The minimum Gasteiger partial charge on any atom is -0.380 e. The van der Waals surface area contributed by atoms with E-state index in [1.165, 1.54) is 11.3 Å². The standard InChI is InChI=1S/C19H29N3O3/c1-14-2-4-16(5-3-14)22-9-6-15(7-10-22)21-17-12-24-11-8-18(17)25-13-19(20)23/h2-5,15,17-18,21H,6-13H2,1H3,(H2,20,23)/t17-,18+/m1/s1. The summed E-state index contributed by atoms with van der Waals surface area (Å²) in [4.78, 5) is 13.4. The highest BCUT2D eigenvalue weighted by Crippen LogP contribution is 2.22. The normalized spacial score (nSPS) is 25.1. The molecule has 25 heavy (non-hydrogen) atoms. The summed E-state index contributed by atoms with van der Waals surface area (Å²) in [6.07, 6.45) is 2.98. The van der Waals surface area contributed by atoms with Gasteiger partial charge in [-0.2, -0.15) is 0 Å². The van der Waals surface area contributed by atoms with Gasteiger partial charge in [0, 0.05) is 31.4 Å². The van der Waals surface area contributed by atoms with E-state index in [1.807, 2.05) is 0 Å². The SMILES string of the molecule is Cc1ccc(N2CCC(N[C@@H]3COCC[C@@H]3OCC(N)=O)CC2)cc1. The van der Waals surface area contributed by atoms with Gasteiger partial charge in [-0.3, -0.25) is 4.79 Å². The monoisotopic (exact) mass is 347 g/mol. The smallest absolute Gasteiger partial charge is 0.243 e. The van der Waals surface area contributed by atoms with Gasteiger partial charge in [0.25, 0.3) is 0 Å². The lowest BCUT2D eigenvalue weighted by Gasteiger charge is -2.39. The molecule has 0 unspecified atom stereocenters. The van der Waals surface area contributed by atoms with Gasteiger partial charge in [-0.1, -0.05) is 17.7 Å². The van der Waals surface area contributed by atoms with Crippen LogP contribution in [0.1, 0.15) is 24.8 Å². The van der Waals surface area contributed by atoms with Crippen molar-refractivity contribution in [2.24, 2.45) is 5.73 Å². The largest absolute Gasteiger partial charge is 0.380 e. The van der Waals surface area contributed by atoms with Gasteiger partial charge in [0.15, 0.2) is 0 Å². The summed E-state index contributed by atoms with van der Waals surface area (Å²) in [6, 6.07) is 9.31. The van der Waals surface area contributed by atoms with E-state index in [9.17, 15) is 4.79 Å². The highest BCUT2D eigenvalue weighted by molar-refractivity contribution is 5.75. The van der Waals surface area contributed by atoms with Crippen molar-refractivity contribution in [1.82, 2.24) is 5.32 Å². The van der Waals surface area contributed by atoms with Crippen molar-refractivity contribution < 1.29 is 14.3 Å². The summed E-state index contributed by atoms with van der Waals surface area (Å²) in [5, 5.41) is 3.68. The van der Waals surface area contributed by atoms with Crippen molar-refractivity contribution in [1.29, 1.82) is 0 Å². The Balaban J connectivity index is 1.48. The Bertz CT molecular complexity index is 556. The third-order valence-corrected chi connectivity index (χ3v) is 5.08.